The molecule has 2 heterocycles. The fourth-order valence-electron chi connectivity index (χ4n) is 1.88. The molecule has 0 unspecified atom stereocenters. The number of benzene rings is 1. The fourth-order valence-corrected chi connectivity index (χ4v) is 1.88. The van der Waals surface area contributed by atoms with Gasteiger partial charge in [0, 0.05) is 0 Å². The molecule has 7 heteroatoms. The second-order valence-corrected chi connectivity index (χ2v) is 4.12. The van der Waals surface area contributed by atoms with E-state index < -0.39 is 17.8 Å². The Bertz CT molecular complexity index is 699. The van der Waals surface area contributed by atoms with Gasteiger partial charge in [0.1, 0.15) is 11.3 Å². The van der Waals surface area contributed by atoms with E-state index in [-0.39, 0.29) is 22.5 Å². The topological polar surface area (TPSA) is 89.7 Å². The van der Waals surface area contributed by atoms with Crippen molar-refractivity contribution in [3.05, 3.63) is 52.9 Å². The van der Waals surface area contributed by atoms with Crippen LogP contribution in [-0.2, 0) is 4.84 Å². The van der Waals surface area contributed by atoms with E-state index >= 15 is 0 Å². The standard InChI is InChI=1S/C13H8N2O5/c1-7-10(6-14-19-7)13(18)20-15-11(16)8-4-2-3-5-9(8)12(15)17/h2-6H,1H3. The van der Waals surface area contributed by atoms with Gasteiger partial charge in [-0.2, -0.15) is 0 Å². The monoisotopic (exact) mass is 272 g/mol. The summed E-state index contributed by atoms with van der Waals surface area (Å²) in [5.41, 5.74) is 0.459. The molecule has 2 amide bonds. The molecule has 0 bridgehead atoms. The van der Waals surface area contributed by atoms with E-state index in [9.17, 15) is 14.4 Å². The van der Waals surface area contributed by atoms with E-state index in [0.717, 1.165) is 6.20 Å². The van der Waals surface area contributed by atoms with Crippen molar-refractivity contribution in [1.29, 1.82) is 0 Å². The molecule has 0 N–H and O–H groups in total. The number of nitrogens with zero attached hydrogens (tertiary/aromatic N) is 2. The van der Waals surface area contributed by atoms with Gasteiger partial charge in [0.2, 0.25) is 0 Å². The van der Waals surface area contributed by atoms with Crippen molar-refractivity contribution in [3.63, 3.8) is 0 Å². The average molecular weight is 272 g/mol. The minimum absolute atomic E-state index is 0.0570. The second kappa shape index (κ2) is 4.30. The van der Waals surface area contributed by atoms with Gasteiger partial charge in [-0.15, -0.1) is 0 Å². The van der Waals surface area contributed by atoms with Gasteiger partial charge >= 0.3 is 5.97 Å². The minimum atomic E-state index is -0.877. The predicted molar refractivity (Wildman–Crippen MR) is 63.6 cm³/mol. The van der Waals surface area contributed by atoms with Crippen molar-refractivity contribution >= 4 is 17.8 Å². The van der Waals surface area contributed by atoms with E-state index in [0.29, 0.717) is 5.06 Å². The third kappa shape index (κ3) is 1.68. The molecule has 1 aliphatic heterocycles. The molecule has 1 aromatic heterocycles. The Balaban J connectivity index is 1.87. The number of fused-ring (bicyclic) bond motifs is 1. The largest absolute Gasteiger partial charge is 0.369 e. The van der Waals surface area contributed by atoms with Crippen LogP contribution >= 0.6 is 0 Å². The molecule has 0 radical (unpaired) electrons. The lowest BCUT2D eigenvalue weighted by Crippen LogP contribution is -2.32. The van der Waals surface area contributed by atoms with Crippen molar-refractivity contribution in [2.45, 2.75) is 6.92 Å². The minimum Gasteiger partial charge on any atom is -0.361 e. The number of aryl methyl sites for hydroxylation is 1. The van der Waals surface area contributed by atoms with Crippen LogP contribution in [0.3, 0.4) is 0 Å². The molecule has 1 aromatic carbocycles. The maximum absolute atomic E-state index is 12.0. The van der Waals surface area contributed by atoms with Gasteiger partial charge in [-0.3, -0.25) is 9.59 Å². The lowest BCUT2D eigenvalue weighted by atomic mass is 10.1. The SMILES string of the molecule is Cc1oncc1C(=O)ON1C(=O)c2ccccc2C1=O. The molecule has 3 rings (SSSR count). The summed E-state index contributed by atoms with van der Waals surface area (Å²) in [5, 5.41) is 3.87. The van der Waals surface area contributed by atoms with Crippen LogP contribution in [0, 0.1) is 6.92 Å². The number of hydroxylamine groups is 2. The molecule has 1 aliphatic rings. The molecule has 0 saturated carbocycles. The number of carbonyl (C=O) groups excluding carboxylic acids is 3. The maximum Gasteiger partial charge on any atom is 0.369 e. The van der Waals surface area contributed by atoms with Crippen LogP contribution in [-0.4, -0.2) is 28.0 Å². The Kier molecular flexibility index (Phi) is 2.60. The van der Waals surface area contributed by atoms with Gasteiger partial charge in [-0.25, -0.2) is 4.79 Å². The van der Waals surface area contributed by atoms with Crippen LogP contribution < -0.4 is 0 Å². The number of hydrogen-bond donors (Lipinski definition) is 0. The van der Waals surface area contributed by atoms with Gasteiger partial charge in [0.25, 0.3) is 11.8 Å². The summed E-state index contributed by atoms with van der Waals surface area (Å²) in [6, 6.07) is 6.24. The number of imide groups is 1. The van der Waals surface area contributed by atoms with Crippen molar-refractivity contribution in [2.75, 3.05) is 0 Å². The molecule has 0 spiro atoms. The highest BCUT2D eigenvalue weighted by molar-refractivity contribution is 6.21. The maximum atomic E-state index is 12.0. The summed E-state index contributed by atoms with van der Waals surface area (Å²) in [6.45, 7) is 1.52. The number of rotatable bonds is 2. The molecular formula is C13H8N2O5. The number of hydrogen-bond acceptors (Lipinski definition) is 6. The number of aromatic nitrogens is 1. The second-order valence-electron chi connectivity index (χ2n) is 4.12. The Morgan fingerprint density at radius 2 is 1.80 bits per heavy atom. The fraction of sp³-hybridized carbons (Fsp3) is 0.0769. The highest BCUT2D eigenvalue weighted by atomic mass is 16.7. The summed E-state index contributed by atoms with van der Waals surface area (Å²) in [6.07, 6.45) is 1.16. The Hall–Kier alpha value is -2.96. The van der Waals surface area contributed by atoms with Gasteiger partial charge < -0.3 is 9.36 Å². The predicted octanol–water partition coefficient (Wildman–Crippen LogP) is 1.35. The van der Waals surface area contributed by atoms with Crippen LogP contribution in [0.15, 0.2) is 35.0 Å². The van der Waals surface area contributed by atoms with Crippen LogP contribution in [0.2, 0.25) is 0 Å². The lowest BCUT2D eigenvalue weighted by Gasteiger charge is -2.11. The Morgan fingerprint density at radius 3 is 2.30 bits per heavy atom. The quantitative estimate of drug-likeness (QED) is 0.766. The van der Waals surface area contributed by atoms with E-state index in [2.05, 4.69) is 5.16 Å². The highest BCUT2D eigenvalue weighted by Crippen LogP contribution is 2.23. The zero-order valence-electron chi connectivity index (χ0n) is 10.3. The van der Waals surface area contributed by atoms with Crippen molar-refractivity contribution in [1.82, 2.24) is 10.2 Å². The number of amides is 2. The zero-order chi connectivity index (χ0) is 14.3. The zero-order valence-corrected chi connectivity index (χ0v) is 10.3. The Morgan fingerprint density at radius 1 is 1.20 bits per heavy atom. The van der Waals surface area contributed by atoms with Gasteiger partial charge in [-0.1, -0.05) is 22.4 Å². The van der Waals surface area contributed by atoms with Crippen LogP contribution in [0.25, 0.3) is 0 Å². The molecule has 2 aromatic rings. The molecule has 100 valence electrons. The van der Waals surface area contributed by atoms with Gasteiger partial charge in [0.15, 0.2) is 0 Å². The summed E-state index contributed by atoms with van der Waals surface area (Å²) in [7, 11) is 0. The Labute approximate surface area is 112 Å². The van der Waals surface area contributed by atoms with Crippen molar-refractivity contribution in [3.8, 4) is 0 Å². The summed E-state index contributed by atoms with van der Waals surface area (Å²) >= 11 is 0. The lowest BCUT2D eigenvalue weighted by molar-refractivity contribution is -0.0585. The molecule has 0 fully saturated rings. The van der Waals surface area contributed by atoms with Gasteiger partial charge in [0.05, 0.1) is 17.3 Å². The summed E-state index contributed by atoms with van der Waals surface area (Å²) < 4.78 is 4.73. The number of carbonyl (C=O) groups is 3. The van der Waals surface area contributed by atoms with Gasteiger partial charge in [-0.05, 0) is 19.1 Å². The molecule has 7 nitrogen and oxygen atoms in total. The van der Waals surface area contributed by atoms with E-state index in [4.69, 9.17) is 9.36 Å². The molecule has 0 atom stereocenters. The van der Waals surface area contributed by atoms with E-state index in [1.165, 1.54) is 19.1 Å². The third-order valence-corrected chi connectivity index (χ3v) is 2.90. The highest BCUT2D eigenvalue weighted by Gasteiger charge is 2.39. The molecule has 0 aliphatic carbocycles. The van der Waals surface area contributed by atoms with Crippen LogP contribution in [0.5, 0.6) is 0 Å². The first-order chi connectivity index (χ1) is 9.59. The average Bonchev–Trinajstić information content (AvgIpc) is 2.97. The molecule has 20 heavy (non-hydrogen) atoms. The molecular weight excluding hydrogens is 264 g/mol. The first-order valence-corrected chi connectivity index (χ1v) is 5.71. The van der Waals surface area contributed by atoms with Crippen molar-refractivity contribution in [2.24, 2.45) is 0 Å². The smallest absolute Gasteiger partial charge is 0.361 e. The van der Waals surface area contributed by atoms with E-state index in [1.807, 2.05) is 0 Å². The summed E-state index contributed by atoms with van der Waals surface area (Å²) in [5.74, 6) is -1.98. The molecule has 0 saturated heterocycles. The first-order valence-electron chi connectivity index (χ1n) is 5.71. The third-order valence-electron chi connectivity index (χ3n) is 2.90. The summed E-state index contributed by atoms with van der Waals surface area (Å²) in [4.78, 5) is 40.7. The first kappa shape index (κ1) is 12.1. The van der Waals surface area contributed by atoms with Crippen LogP contribution in [0.4, 0.5) is 0 Å². The van der Waals surface area contributed by atoms with E-state index in [1.54, 1.807) is 12.1 Å². The van der Waals surface area contributed by atoms with Crippen LogP contribution in [0.1, 0.15) is 36.8 Å². The normalized spacial score (nSPS) is 13.6. The van der Waals surface area contributed by atoms with Crippen molar-refractivity contribution < 1.29 is 23.7 Å².